The fourth-order valence-corrected chi connectivity index (χ4v) is 5.53. The van der Waals surface area contributed by atoms with Crippen LogP contribution in [0.2, 0.25) is 0 Å². The van der Waals surface area contributed by atoms with E-state index >= 15 is 0 Å². The third kappa shape index (κ3) is 5.56. The molecule has 0 unspecified atom stereocenters. The molecule has 0 amide bonds. The molecule has 1 N–H and O–H groups in total. The third-order valence-electron chi connectivity index (χ3n) is 7.67. The molecule has 2 saturated carbocycles. The Morgan fingerprint density at radius 3 is 2.06 bits per heavy atom. The van der Waals surface area contributed by atoms with Crippen molar-refractivity contribution >= 4 is 6.72 Å². The summed E-state index contributed by atoms with van der Waals surface area (Å²) in [5.74, 6) is 2.64. The molecule has 2 aliphatic rings. The first-order chi connectivity index (χ1) is 15.0. The topological polar surface area (TPSA) is 15.0 Å². The average Bonchev–Trinajstić information content (AvgIpc) is 2.79. The van der Waals surface area contributed by atoms with E-state index in [4.69, 9.17) is 0 Å². The highest BCUT2D eigenvalue weighted by atomic mass is 19.1. The lowest BCUT2D eigenvalue weighted by Gasteiger charge is -2.28. The maximum atomic E-state index is 15.0. The summed E-state index contributed by atoms with van der Waals surface area (Å²) < 4.78 is 16.8. The van der Waals surface area contributed by atoms with Gasteiger partial charge in [-0.25, -0.2) is 4.39 Å². The number of rotatable bonds is 6. The molecule has 2 aromatic carbocycles. The number of benzene rings is 2. The molecule has 4 rings (SSSR count). The maximum absolute atomic E-state index is 15.0. The first-order valence-corrected chi connectivity index (χ1v) is 12.2. The second kappa shape index (κ2) is 9.97. The van der Waals surface area contributed by atoms with Crippen LogP contribution in [0.5, 0.6) is 0 Å². The summed E-state index contributed by atoms with van der Waals surface area (Å²) in [4.78, 5) is 0. The number of nitrogens with zero attached hydrogens (tertiary/aromatic N) is 1. The molecule has 2 aliphatic carbocycles. The molecule has 0 heterocycles. The lowest BCUT2D eigenvalue weighted by atomic mass is 9.78. The van der Waals surface area contributed by atoms with Gasteiger partial charge in [0.25, 0.3) is 0 Å². The summed E-state index contributed by atoms with van der Waals surface area (Å²) in [7, 11) is 1.94. The molecule has 0 atom stereocenters. The molecule has 2 fully saturated rings. The van der Waals surface area contributed by atoms with Crippen molar-refractivity contribution in [2.24, 2.45) is 11.8 Å². The number of hydrogen-bond acceptors (Lipinski definition) is 1. The van der Waals surface area contributed by atoms with Crippen molar-refractivity contribution in [1.82, 2.24) is 5.43 Å². The van der Waals surface area contributed by atoms with Crippen molar-refractivity contribution < 1.29 is 9.07 Å². The smallest absolute Gasteiger partial charge is 0.160 e. The van der Waals surface area contributed by atoms with Crippen LogP contribution in [-0.4, -0.2) is 25.0 Å². The van der Waals surface area contributed by atoms with Gasteiger partial charge in [-0.3, -0.25) is 0 Å². The van der Waals surface area contributed by atoms with Crippen LogP contribution in [0.4, 0.5) is 4.39 Å². The van der Waals surface area contributed by atoms with Gasteiger partial charge >= 0.3 is 0 Å². The van der Waals surface area contributed by atoms with E-state index in [2.05, 4.69) is 49.4 Å². The maximum Gasteiger partial charge on any atom is 0.160 e. The molecule has 3 heteroatoms. The van der Waals surface area contributed by atoms with Crippen molar-refractivity contribution in [2.45, 2.75) is 70.1 Å². The van der Waals surface area contributed by atoms with Crippen LogP contribution in [0, 0.1) is 17.7 Å². The summed E-state index contributed by atoms with van der Waals surface area (Å²) in [5, 5.41) is 0. The minimum Gasteiger partial charge on any atom is -0.206 e. The number of nitrogens with one attached hydrogen (secondary N) is 1. The highest BCUT2D eigenvalue weighted by Gasteiger charge is 2.23. The van der Waals surface area contributed by atoms with Gasteiger partial charge in [-0.05, 0) is 85.0 Å². The van der Waals surface area contributed by atoms with E-state index in [9.17, 15) is 4.39 Å². The van der Waals surface area contributed by atoms with Crippen LogP contribution in [0.1, 0.15) is 81.3 Å². The third-order valence-corrected chi connectivity index (χ3v) is 7.67. The van der Waals surface area contributed by atoms with Gasteiger partial charge in [0.15, 0.2) is 13.8 Å². The normalized spacial score (nSPS) is 26.4. The number of halogens is 1. The Hall–Kier alpha value is -2.16. The zero-order valence-corrected chi connectivity index (χ0v) is 19.2. The largest absolute Gasteiger partial charge is 0.206 e. The number of hydrazone groups is 1. The minimum absolute atomic E-state index is 0.0766. The molecular formula is C28H38FN2+. The van der Waals surface area contributed by atoms with E-state index < -0.39 is 0 Å². The Balaban J connectivity index is 1.38. The summed E-state index contributed by atoms with van der Waals surface area (Å²) in [6.45, 7) is 7.19. The molecule has 0 aliphatic heterocycles. The highest BCUT2D eigenvalue weighted by molar-refractivity contribution is 5.65. The predicted octanol–water partition coefficient (Wildman–Crippen LogP) is 6.91. The second-order valence-corrected chi connectivity index (χ2v) is 10.1. The fourth-order valence-electron chi connectivity index (χ4n) is 5.53. The zero-order valence-electron chi connectivity index (χ0n) is 19.2. The van der Waals surface area contributed by atoms with Crippen LogP contribution in [-0.2, 0) is 0 Å². The average molecular weight is 422 g/mol. The molecule has 2 aromatic rings. The Morgan fingerprint density at radius 2 is 1.45 bits per heavy atom. The molecule has 0 bridgehead atoms. The standard InChI is InChI=1S/C28H38FN2/c1-20-4-8-24(9-5-20)26-16-17-27(28(29)18-26)25-14-12-23(13-15-25)22-10-6-21(7-11-22)19-30-31(2)3/h12-18,20-22,24,30H,2,4-11,19H2,1,3H3/q+1. The molecule has 2 nitrogen and oxygen atoms in total. The Bertz CT molecular complexity index is 872. The molecular weight excluding hydrogens is 383 g/mol. The van der Waals surface area contributed by atoms with Crippen molar-refractivity contribution in [3.05, 3.63) is 59.4 Å². The minimum atomic E-state index is -0.0766. The van der Waals surface area contributed by atoms with Crippen LogP contribution in [0.15, 0.2) is 42.5 Å². The van der Waals surface area contributed by atoms with Crippen molar-refractivity contribution in [3.63, 3.8) is 0 Å². The van der Waals surface area contributed by atoms with E-state index in [1.807, 2.05) is 13.1 Å². The van der Waals surface area contributed by atoms with Crippen LogP contribution < -0.4 is 5.43 Å². The van der Waals surface area contributed by atoms with E-state index in [0.717, 1.165) is 29.5 Å². The predicted molar refractivity (Wildman–Crippen MR) is 128 cm³/mol. The van der Waals surface area contributed by atoms with Crippen LogP contribution in [0.3, 0.4) is 0 Å². The van der Waals surface area contributed by atoms with E-state index in [1.54, 1.807) is 10.8 Å². The summed E-state index contributed by atoms with van der Waals surface area (Å²) in [6, 6.07) is 14.6. The quantitative estimate of drug-likeness (QED) is 0.304. The molecule has 0 spiro atoms. The highest BCUT2D eigenvalue weighted by Crippen LogP contribution is 2.38. The van der Waals surface area contributed by atoms with E-state index in [0.29, 0.717) is 11.8 Å². The van der Waals surface area contributed by atoms with Gasteiger partial charge in [0.2, 0.25) is 0 Å². The van der Waals surface area contributed by atoms with Crippen molar-refractivity contribution in [2.75, 3.05) is 13.6 Å². The lowest BCUT2D eigenvalue weighted by molar-refractivity contribution is -0.552. The zero-order chi connectivity index (χ0) is 21.8. The van der Waals surface area contributed by atoms with Gasteiger partial charge in [-0.2, -0.15) is 5.43 Å². The van der Waals surface area contributed by atoms with E-state index in [1.165, 1.54) is 62.5 Å². The Labute approximate surface area is 187 Å². The number of hydrogen-bond donors (Lipinski definition) is 1. The van der Waals surface area contributed by atoms with Crippen molar-refractivity contribution in [3.8, 4) is 11.1 Å². The van der Waals surface area contributed by atoms with Crippen LogP contribution >= 0.6 is 0 Å². The van der Waals surface area contributed by atoms with Crippen LogP contribution in [0.25, 0.3) is 11.1 Å². The summed E-state index contributed by atoms with van der Waals surface area (Å²) in [5.41, 5.74) is 7.61. The second-order valence-electron chi connectivity index (χ2n) is 10.1. The molecule has 0 saturated heterocycles. The van der Waals surface area contributed by atoms with Gasteiger partial charge in [0.05, 0.1) is 6.54 Å². The SMILES string of the molecule is C=[N+](C)NCC1CCC(c2ccc(-c3ccc(C4CCC(C)CC4)cc3F)cc2)CC1. The first kappa shape index (κ1) is 22.0. The Kier molecular flexibility index (Phi) is 7.09. The van der Waals surface area contributed by atoms with Gasteiger partial charge in [-0.1, -0.05) is 56.2 Å². The molecule has 0 aromatic heterocycles. The van der Waals surface area contributed by atoms with Crippen molar-refractivity contribution in [1.29, 1.82) is 0 Å². The molecule has 0 radical (unpaired) electrons. The first-order valence-electron chi connectivity index (χ1n) is 12.2. The van der Waals surface area contributed by atoms with Gasteiger partial charge in [0.1, 0.15) is 5.82 Å². The lowest BCUT2D eigenvalue weighted by Crippen LogP contribution is -2.31. The summed E-state index contributed by atoms with van der Waals surface area (Å²) in [6.07, 6.45) is 9.89. The number of hydrazine groups is 1. The van der Waals surface area contributed by atoms with Gasteiger partial charge in [0, 0.05) is 5.56 Å². The summed E-state index contributed by atoms with van der Waals surface area (Å²) >= 11 is 0. The fraction of sp³-hybridized carbons (Fsp3) is 0.536. The molecule has 166 valence electrons. The molecule has 31 heavy (non-hydrogen) atoms. The Morgan fingerprint density at radius 1 is 0.871 bits per heavy atom. The van der Waals surface area contributed by atoms with E-state index in [-0.39, 0.29) is 5.82 Å². The monoisotopic (exact) mass is 421 g/mol. The van der Waals surface area contributed by atoms with Gasteiger partial charge in [-0.15, -0.1) is 4.68 Å². The van der Waals surface area contributed by atoms with Gasteiger partial charge < -0.3 is 0 Å².